The van der Waals surface area contributed by atoms with Gasteiger partial charge < -0.3 is 13.6 Å². The average molecular weight is 218 g/mol. The van der Waals surface area contributed by atoms with Gasteiger partial charge >= 0.3 is 0 Å². The molecule has 84 valence electrons. The highest BCUT2D eigenvalue weighted by Crippen LogP contribution is 2.09. The Bertz CT molecular complexity index is 173. The van der Waals surface area contributed by atoms with E-state index in [4.69, 9.17) is 9.16 Å². The fourth-order valence-corrected chi connectivity index (χ4v) is 2.28. The normalized spacial score (nSPS) is 22.3. The molecule has 3 nitrogen and oxygen atoms in total. The van der Waals surface area contributed by atoms with Gasteiger partial charge in [0.05, 0.1) is 26.9 Å². The lowest BCUT2D eigenvalue weighted by Gasteiger charge is -2.38. The fraction of sp³-hybridized carbons (Fsp3) is 1.00. The van der Waals surface area contributed by atoms with Crippen LogP contribution in [0.5, 0.6) is 0 Å². The highest BCUT2D eigenvalue weighted by molar-refractivity contribution is 6.69. The Labute approximate surface area is 88.7 Å². The molecule has 0 amide bonds. The largest absolute Gasteiger partial charge is 0.412 e. The van der Waals surface area contributed by atoms with Crippen LogP contribution in [0, 0.1) is 0 Å². The molecule has 0 saturated carbocycles. The van der Waals surface area contributed by atoms with Crippen molar-refractivity contribution in [2.75, 3.05) is 46.5 Å². The summed E-state index contributed by atoms with van der Waals surface area (Å²) in [6.07, 6.45) is 0. The Balaban J connectivity index is 2.22. The van der Waals surface area contributed by atoms with Crippen LogP contribution < -0.4 is 0 Å². The number of likely N-dealkylation sites (N-methyl/N-ethyl adjacent to an activating group) is 1. The van der Waals surface area contributed by atoms with Gasteiger partial charge in [0.2, 0.25) is 0 Å². The quantitative estimate of drug-likeness (QED) is 0.523. The first-order valence-corrected chi connectivity index (χ1v) is 8.87. The summed E-state index contributed by atoms with van der Waals surface area (Å²) < 4.78 is 12.4. The summed E-state index contributed by atoms with van der Waals surface area (Å²) in [5.41, 5.74) is 0. The van der Waals surface area contributed by atoms with Gasteiger partial charge in [-0.3, -0.25) is 0 Å². The molecule has 0 aromatic carbocycles. The predicted molar refractivity (Wildman–Crippen MR) is 60.9 cm³/mol. The number of nitrogens with zero attached hydrogens (tertiary/aromatic N) is 1. The van der Waals surface area contributed by atoms with Crippen LogP contribution in [0.2, 0.25) is 19.6 Å². The number of morpholine rings is 1. The van der Waals surface area contributed by atoms with Gasteiger partial charge in [0.25, 0.3) is 0 Å². The number of rotatable bonds is 4. The second-order valence-corrected chi connectivity index (χ2v) is 9.88. The second kappa shape index (κ2) is 4.75. The minimum Gasteiger partial charge on any atom is -0.412 e. The van der Waals surface area contributed by atoms with E-state index in [9.17, 15) is 0 Å². The molecule has 0 N–H and O–H groups in total. The third kappa shape index (κ3) is 4.55. The SMILES string of the molecule is C[N+]1(CCO[Si](C)(C)C)CCOCC1. The Morgan fingerprint density at radius 3 is 2.29 bits per heavy atom. The van der Waals surface area contributed by atoms with Crippen LogP contribution in [0.25, 0.3) is 0 Å². The van der Waals surface area contributed by atoms with Crippen LogP contribution in [0.3, 0.4) is 0 Å². The maximum atomic E-state index is 5.88. The van der Waals surface area contributed by atoms with Crippen LogP contribution in [0.4, 0.5) is 0 Å². The molecule has 1 rings (SSSR count). The van der Waals surface area contributed by atoms with E-state index in [0.717, 1.165) is 43.9 Å². The molecular formula is C10H24NO2Si+. The molecule has 0 atom stereocenters. The standard InChI is InChI=1S/C10H24NO2Si/c1-11(5-8-12-9-6-11)7-10-13-14(2,3)4/h5-10H2,1-4H3/q+1. The van der Waals surface area contributed by atoms with Gasteiger partial charge in [0.1, 0.15) is 19.6 Å². The van der Waals surface area contributed by atoms with Gasteiger partial charge in [-0.15, -0.1) is 0 Å². The number of quaternary nitrogens is 1. The first-order valence-electron chi connectivity index (χ1n) is 5.47. The molecule has 0 radical (unpaired) electrons. The van der Waals surface area contributed by atoms with Crippen molar-refractivity contribution in [3.05, 3.63) is 0 Å². The number of hydrogen-bond donors (Lipinski definition) is 0. The molecule has 1 heterocycles. The van der Waals surface area contributed by atoms with Gasteiger partial charge in [-0.2, -0.15) is 0 Å². The summed E-state index contributed by atoms with van der Waals surface area (Å²) >= 11 is 0. The Kier molecular flexibility index (Phi) is 4.12. The molecule has 14 heavy (non-hydrogen) atoms. The zero-order valence-electron chi connectivity index (χ0n) is 10.0. The van der Waals surface area contributed by atoms with Crippen molar-refractivity contribution in [1.29, 1.82) is 0 Å². The lowest BCUT2D eigenvalue weighted by Crippen LogP contribution is -2.54. The molecule has 0 unspecified atom stereocenters. The van der Waals surface area contributed by atoms with Crippen molar-refractivity contribution in [3.63, 3.8) is 0 Å². The smallest absolute Gasteiger partial charge is 0.184 e. The fourth-order valence-electron chi connectivity index (χ4n) is 1.58. The minimum atomic E-state index is -1.32. The van der Waals surface area contributed by atoms with Crippen LogP contribution in [0.1, 0.15) is 0 Å². The molecule has 4 heteroatoms. The Morgan fingerprint density at radius 1 is 1.21 bits per heavy atom. The highest BCUT2D eigenvalue weighted by atomic mass is 28.4. The van der Waals surface area contributed by atoms with E-state index in [2.05, 4.69) is 26.7 Å². The summed E-state index contributed by atoms with van der Waals surface area (Å²) in [4.78, 5) is 0. The Morgan fingerprint density at radius 2 is 1.79 bits per heavy atom. The zero-order chi connectivity index (χ0) is 10.7. The molecule has 1 fully saturated rings. The van der Waals surface area contributed by atoms with E-state index in [1.54, 1.807) is 0 Å². The number of hydrogen-bond acceptors (Lipinski definition) is 2. The Hall–Kier alpha value is 0.0969. The van der Waals surface area contributed by atoms with Crippen molar-refractivity contribution >= 4 is 8.32 Å². The first-order chi connectivity index (χ1) is 6.41. The van der Waals surface area contributed by atoms with Gasteiger partial charge in [-0.25, -0.2) is 0 Å². The monoisotopic (exact) mass is 218 g/mol. The molecule has 1 aliphatic rings. The van der Waals surface area contributed by atoms with E-state index >= 15 is 0 Å². The number of ether oxygens (including phenoxy) is 1. The first kappa shape index (κ1) is 12.2. The van der Waals surface area contributed by atoms with Crippen molar-refractivity contribution in [1.82, 2.24) is 0 Å². The van der Waals surface area contributed by atoms with E-state index in [0.29, 0.717) is 0 Å². The van der Waals surface area contributed by atoms with Crippen LogP contribution >= 0.6 is 0 Å². The second-order valence-electron chi connectivity index (χ2n) is 5.36. The van der Waals surface area contributed by atoms with Crippen molar-refractivity contribution in [2.45, 2.75) is 19.6 Å². The van der Waals surface area contributed by atoms with Gasteiger partial charge in [-0.1, -0.05) is 0 Å². The predicted octanol–water partition coefficient (Wildman–Crippen LogP) is 1.31. The summed E-state index contributed by atoms with van der Waals surface area (Å²) in [5, 5.41) is 0. The minimum absolute atomic E-state index is 0.906. The highest BCUT2D eigenvalue weighted by Gasteiger charge is 2.25. The van der Waals surface area contributed by atoms with Gasteiger partial charge in [-0.05, 0) is 19.6 Å². The van der Waals surface area contributed by atoms with Crippen LogP contribution in [0.15, 0.2) is 0 Å². The molecule has 0 bridgehead atoms. The molecule has 0 aromatic rings. The van der Waals surface area contributed by atoms with Crippen molar-refractivity contribution < 1.29 is 13.6 Å². The van der Waals surface area contributed by atoms with E-state index < -0.39 is 8.32 Å². The molecule has 1 saturated heterocycles. The van der Waals surface area contributed by atoms with E-state index in [1.807, 2.05) is 0 Å². The molecule has 0 spiro atoms. The lowest BCUT2D eigenvalue weighted by molar-refractivity contribution is -0.916. The molecule has 0 aliphatic carbocycles. The van der Waals surface area contributed by atoms with Gasteiger partial charge in [0.15, 0.2) is 8.32 Å². The molecular weight excluding hydrogens is 194 g/mol. The average Bonchev–Trinajstić information content (AvgIpc) is 2.02. The maximum Gasteiger partial charge on any atom is 0.184 e. The van der Waals surface area contributed by atoms with Crippen LogP contribution in [-0.4, -0.2) is 59.3 Å². The van der Waals surface area contributed by atoms with E-state index in [-0.39, 0.29) is 0 Å². The maximum absolute atomic E-state index is 5.88. The third-order valence-electron chi connectivity index (χ3n) is 2.72. The summed E-state index contributed by atoms with van der Waals surface area (Å²) in [5.74, 6) is 0. The van der Waals surface area contributed by atoms with E-state index in [1.165, 1.54) is 0 Å². The van der Waals surface area contributed by atoms with Crippen molar-refractivity contribution in [2.24, 2.45) is 0 Å². The van der Waals surface area contributed by atoms with Crippen LogP contribution in [-0.2, 0) is 9.16 Å². The lowest BCUT2D eigenvalue weighted by atomic mass is 10.3. The molecule has 1 aliphatic heterocycles. The molecule has 0 aromatic heterocycles. The third-order valence-corrected chi connectivity index (χ3v) is 3.79. The topological polar surface area (TPSA) is 18.5 Å². The van der Waals surface area contributed by atoms with Crippen molar-refractivity contribution in [3.8, 4) is 0 Å². The van der Waals surface area contributed by atoms with Gasteiger partial charge in [0, 0.05) is 0 Å². The summed E-state index contributed by atoms with van der Waals surface area (Å²) in [7, 11) is 0.986. The zero-order valence-corrected chi connectivity index (χ0v) is 11.0. The summed E-state index contributed by atoms with van der Waals surface area (Å²) in [6.45, 7) is 12.8. The summed E-state index contributed by atoms with van der Waals surface area (Å²) in [6, 6.07) is 0.